The van der Waals surface area contributed by atoms with Gasteiger partial charge < -0.3 is 10.0 Å². The van der Waals surface area contributed by atoms with Gasteiger partial charge in [-0.05, 0) is 61.8 Å². The Labute approximate surface area is 204 Å². The summed E-state index contributed by atoms with van der Waals surface area (Å²) in [6.45, 7) is 3.59. The lowest BCUT2D eigenvalue weighted by Crippen LogP contribution is -2.33. The molecule has 2 aromatic carbocycles. The van der Waals surface area contributed by atoms with E-state index < -0.39 is 5.97 Å². The third-order valence-corrected chi connectivity index (χ3v) is 7.00. The van der Waals surface area contributed by atoms with Crippen molar-refractivity contribution in [1.29, 1.82) is 0 Å². The van der Waals surface area contributed by atoms with E-state index in [2.05, 4.69) is 12.0 Å². The van der Waals surface area contributed by atoms with Crippen molar-refractivity contribution in [2.75, 3.05) is 13.1 Å². The largest absolute Gasteiger partial charge is 0.478 e. The molecule has 2 aliphatic rings. The van der Waals surface area contributed by atoms with Gasteiger partial charge in [0.2, 0.25) is 0 Å². The Balaban J connectivity index is 1.50. The first kappa shape index (κ1) is 22.7. The molecule has 34 heavy (non-hydrogen) atoms. The number of rotatable bonds is 9. The molecule has 7 heteroatoms. The van der Waals surface area contributed by atoms with Crippen molar-refractivity contribution in [3.8, 4) is 16.8 Å². The Kier molecular flexibility index (Phi) is 6.17. The smallest absolute Gasteiger partial charge is 0.339 e. The maximum Gasteiger partial charge on any atom is 0.339 e. The van der Waals surface area contributed by atoms with E-state index in [0.717, 1.165) is 54.9 Å². The second-order valence-corrected chi connectivity index (χ2v) is 9.72. The molecule has 5 rings (SSSR count). The van der Waals surface area contributed by atoms with E-state index in [1.807, 2.05) is 41.3 Å². The van der Waals surface area contributed by atoms with E-state index in [1.165, 1.54) is 19.0 Å². The zero-order valence-electron chi connectivity index (χ0n) is 19.2. The summed E-state index contributed by atoms with van der Waals surface area (Å²) in [6, 6.07) is 13.3. The summed E-state index contributed by atoms with van der Waals surface area (Å²) < 4.78 is 1.73. The average molecular weight is 478 g/mol. The molecular weight excluding hydrogens is 450 g/mol. The van der Waals surface area contributed by atoms with Crippen LogP contribution in [0.2, 0.25) is 5.02 Å². The number of aromatic nitrogens is 2. The normalized spacial score (nSPS) is 15.4. The van der Waals surface area contributed by atoms with Gasteiger partial charge >= 0.3 is 5.97 Å². The molecule has 176 valence electrons. The number of benzene rings is 2. The van der Waals surface area contributed by atoms with Gasteiger partial charge in [-0.1, -0.05) is 42.8 Å². The first-order valence-electron chi connectivity index (χ1n) is 12.0. The van der Waals surface area contributed by atoms with Gasteiger partial charge in [0, 0.05) is 24.6 Å². The Morgan fingerprint density at radius 2 is 1.88 bits per heavy atom. The summed E-state index contributed by atoms with van der Waals surface area (Å²) in [7, 11) is 0. The molecule has 0 aliphatic heterocycles. The number of carbonyl (C=O) groups is 2. The van der Waals surface area contributed by atoms with Crippen LogP contribution in [0.15, 0.2) is 48.7 Å². The predicted octanol–water partition coefficient (Wildman–Crippen LogP) is 6.03. The zero-order valence-corrected chi connectivity index (χ0v) is 20.0. The summed E-state index contributed by atoms with van der Waals surface area (Å²) in [6.07, 6.45) is 6.65. The lowest BCUT2D eigenvalue weighted by molar-refractivity contribution is 0.0694. The Bertz CT molecular complexity index is 1240. The SMILES string of the molecule is CCCN(CC1CC1)C(=O)c1cccc(-c2cccc(-n3ncc(C(=O)O)c3C3CC3)c2)c1Cl. The van der Waals surface area contributed by atoms with Crippen molar-refractivity contribution in [3.63, 3.8) is 0 Å². The van der Waals surface area contributed by atoms with E-state index in [9.17, 15) is 14.7 Å². The molecule has 1 aromatic heterocycles. The highest BCUT2D eigenvalue weighted by Gasteiger charge is 2.33. The van der Waals surface area contributed by atoms with Crippen molar-refractivity contribution in [2.24, 2.45) is 5.92 Å². The molecule has 0 spiro atoms. The minimum Gasteiger partial charge on any atom is -0.478 e. The highest BCUT2D eigenvalue weighted by atomic mass is 35.5. The topological polar surface area (TPSA) is 75.4 Å². The Morgan fingerprint density at radius 3 is 2.56 bits per heavy atom. The molecule has 3 aromatic rings. The molecule has 2 saturated carbocycles. The molecule has 1 amide bonds. The number of halogens is 1. The number of nitrogens with zero attached hydrogens (tertiary/aromatic N) is 3. The van der Waals surface area contributed by atoms with Crippen molar-refractivity contribution in [2.45, 2.75) is 44.9 Å². The van der Waals surface area contributed by atoms with Crippen LogP contribution in [0.4, 0.5) is 0 Å². The van der Waals surface area contributed by atoms with Gasteiger partial charge in [-0.15, -0.1) is 0 Å². The minimum atomic E-state index is -0.957. The fraction of sp³-hybridized carbons (Fsp3) is 0.370. The molecular formula is C27H28ClN3O3. The maximum atomic E-state index is 13.4. The molecule has 0 bridgehead atoms. The number of carboxylic acid groups (broad SMARTS) is 1. The van der Waals surface area contributed by atoms with Crippen LogP contribution in [-0.2, 0) is 0 Å². The van der Waals surface area contributed by atoms with E-state index in [1.54, 1.807) is 10.7 Å². The summed E-state index contributed by atoms with van der Waals surface area (Å²) in [5.41, 5.74) is 3.93. The predicted molar refractivity (Wildman–Crippen MR) is 132 cm³/mol. The average Bonchev–Trinajstić information content (AvgIpc) is 3.77. The number of amides is 1. The lowest BCUT2D eigenvalue weighted by atomic mass is 10.0. The standard InChI is InChI=1S/C27H28ClN3O3/c1-2-13-30(16-17-9-10-17)26(32)22-8-4-7-21(24(22)28)19-5-3-6-20(14-19)31-25(18-11-12-18)23(15-29-31)27(33)34/h3-8,14-15,17-18H,2,9-13,16H2,1H3,(H,33,34). The van der Waals surface area contributed by atoms with Crippen LogP contribution < -0.4 is 0 Å². The van der Waals surface area contributed by atoms with Crippen LogP contribution in [0.3, 0.4) is 0 Å². The monoisotopic (exact) mass is 477 g/mol. The van der Waals surface area contributed by atoms with Gasteiger partial charge in [0.25, 0.3) is 5.91 Å². The first-order valence-corrected chi connectivity index (χ1v) is 12.4. The second kappa shape index (κ2) is 9.26. The van der Waals surface area contributed by atoms with Gasteiger partial charge in [-0.2, -0.15) is 5.10 Å². The van der Waals surface area contributed by atoms with Crippen molar-refractivity contribution < 1.29 is 14.7 Å². The van der Waals surface area contributed by atoms with Gasteiger partial charge in [0.1, 0.15) is 5.56 Å². The number of carboxylic acids is 1. The molecule has 0 unspecified atom stereocenters. The molecule has 2 aliphatic carbocycles. The highest BCUT2D eigenvalue weighted by molar-refractivity contribution is 6.36. The van der Waals surface area contributed by atoms with Gasteiger partial charge in [0.15, 0.2) is 0 Å². The highest BCUT2D eigenvalue weighted by Crippen LogP contribution is 2.43. The number of hydrogen-bond donors (Lipinski definition) is 1. The van der Waals surface area contributed by atoms with Gasteiger partial charge in [0.05, 0.1) is 28.2 Å². The van der Waals surface area contributed by atoms with Crippen LogP contribution in [0, 0.1) is 5.92 Å². The maximum absolute atomic E-state index is 13.4. The zero-order chi connectivity index (χ0) is 23.8. The summed E-state index contributed by atoms with van der Waals surface area (Å²) in [5, 5.41) is 14.4. The van der Waals surface area contributed by atoms with E-state index in [4.69, 9.17) is 11.6 Å². The van der Waals surface area contributed by atoms with Crippen LogP contribution >= 0.6 is 11.6 Å². The van der Waals surface area contributed by atoms with Crippen LogP contribution in [0.5, 0.6) is 0 Å². The Hall–Kier alpha value is -3.12. The first-order chi connectivity index (χ1) is 16.5. The fourth-order valence-corrected chi connectivity index (χ4v) is 4.85. The molecule has 0 radical (unpaired) electrons. The molecule has 6 nitrogen and oxygen atoms in total. The van der Waals surface area contributed by atoms with Gasteiger partial charge in [-0.3, -0.25) is 4.79 Å². The van der Waals surface area contributed by atoms with E-state index in [0.29, 0.717) is 16.5 Å². The fourth-order valence-electron chi connectivity index (χ4n) is 4.53. The summed E-state index contributed by atoms with van der Waals surface area (Å²) in [4.78, 5) is 27.0. The molecule has 0 atom stereocenters. The molecule has 1 N–H and O–H groups in total. The van der Waals surface area contributed by atoms with Crippen molar-refractivity contribution in [1.82, 2.24) is 14.7 Å². The number of carbonyl (C=O) groups excluding carboxylic acids is 1. The minimum absolute atomic E-state index is 0.0223. The van der Waals surface area contributed by atoms with E-state index in [-0.39, 0.29) is 17.4 Å². The lowest BCUT2D eigenvalue weighted by Gasteiger charge is -2.23. The van der Waals surface area contributed by atoms with E-state index >= 15 is 0 Å². The molecule has 2 fully saturated rings. The third-order valence-electron chi connectivity index (χ3n) is 6.59. The molecule has 1 heterocycles. The second-order valence-electron chi connectivity index (χ2n) is 9.35. The quantitative estimate of drug-likeness (QED) is 0.408. The summed E-state index contributed by atoms with van der Waals surface area (Å²) in [5.74, 6) is -0.148. The number of hydrogen-bond acceptors (Lipinski definition) is 3. The van der Waals surface area contributed by atoms with Crippen LogP contribution in [0.1, 0.15) is 71.4 Å². The van der Waals surface area contributed by atoms with Crippen molar-refractivity contribution >= 4 is 23.5 Å². The summed E-state index contributed by atoms with van der Waals surface area (Å²) >= 11 is 6.82. The third kappa shape index (κ3) is 4.47. The molecule has 0 saturated heterocycles. The number of aromatic carboxylic acids is 1. The van der Waals surface area contributed by atoms with Crippen molar-refractivity contribution in [3.05, 3.63) is 70.5 Å². The Morgan fingerprint density at radius 1 is 1.12 bits per heavy atom. The van der Waals surface area contributed by atoms with Gasteiger partial charge in [-0.25, -0.2) is 9.48 Å². The van der Waals surface area contributed by atoms with Crippen LogP contribution in [-0.4, -0.2) is 44.8 Å². The van der Waals surface area contributed by atoms with Crippen LogP contribution in [0.25, 0.3) is 16.8 Å².